The fourth-order valence-corrected chi connectivity index (χ4v) is 2.07. The summed E-state index contributed by atoms with van der Waals surface area (Å²) in [7, 11) is 0. The van der Waals surface area contributed by atoms with Crippen LogP contribution in [0.2, 0.25) is 0 Å². The number of likely N-dealkylation sites (tertiary alicyclic amines) is 1. The number of carbonyl (C=O) groups is 1. The lowest BCUT2D eigenvalue weighted by Crippen LogP contribution is -2.42. The normalized spacial score (nSPS) is 24.8. The molecule has 1 amide bonds. The van der Waals surface area contributed by atoms with Crippen LogP contribution >= 0.6 is 0 Å². The van der Waals surface area contributed by atoms with Gasteiger partial charge in [0.15, 0.2) is 0 Å². The van der Waals surface area contributed by atoms with Gasteiger partial charge in [-0.3, -0.25) is 4.79 Å². The van der Waals surface area contributed by atoms with Gasteiger partial charge in [0, 0.05) is 19.0 Å². The Morgan fingerprint density at radius 3 is 2.93 bits per heavy atom. The third-order valence-electron chi connectivity index (χ3n) is 2.99. The van der Waals surface area contributed by atoms with Gasteiger partial charge in [0.2, 0.25) is 5.91 Å². The molecule has 2 atom stereocenters. The van der Waals surface area contributed by atoms with Crippen LogP contribution in [-0.2, 0) is 4.79 Å². The number of nitrogens with two attached hydrogens (primary N) is 1. The molecule has 1 rings (SSSR count). The van der Waals surface area contributed by atoms with E-state index in [9.17, 15) is 4.79 Å². The van der Waals surface area contributed by atoms with Gasteiger partial charge in [-0.15, -0.1) is 0 Å². The molecule has 0 aromatic carbocycles. The van der Waals surface area contributed by atoms with E-state index in [2.05, 4.69) is 6.92 Å². The van der Waals surface area contributed by atoms with E-state index in [0.29, 0.717) is 18.4 Å². The number of hydrogen-bond donors (Lipinski definition) is 1. The van der Waals surface area contributed by atoms with Crippen LogP contribution in [-0.4, -0.2) is 30.4 Å². The molecule has 2 N–H and O–H groups in total. The minimum Gasteiger partial charge on any atom is -0.342 e. The summed E-state index contributed by atoms with van der Waals surface area (Å²) in [4.78, 5) is 13.9. The zero-order valence-corrected chi connectivity index (χ0v) is 9.33. The first-order valence-corrected chi connectivity index (χ1v) is 5.64. The number of hydrogen-bond acceptors (Lipinski definition) is 2. The molecule has 1 saturated heterocycles. The molecule has 0 spiro atoms. The molecule has 0 radical (unpaired) electrons. The molecule has 0 aliphatic carbocycles. The summed E-state index contributed by atoms with van der Waals surface area (Å²) in [5, 5.41) is 0. The van der Waals surface area contributed by atoms with Gasteiger partial charge in [0.1, 0.15) is 0 Å². The van der Waals surface area contributed by atoms with Crippen LogP contribution < -0.4 is 5.73 Å². The fraction of sp³-hybridized carbons (Fsp3) is 0.909. The van der Waals surface area contributed by atoms with Crippen molar-refractivity contribution in [3.05, 3.63) is 0 Å². The van der Waals surface area contributed by atoms with Crippen LogP contribution in [0, 0.1) is 11.8 Å². The molecule has 1 aliphatic rings. The molecule has 1 aliphatic heterocycles. The fourth-order valence-electron chi connectivity index (χ4n) is 2.07. The van der Waals surface area contributed by atoms with Crippen LogP contribution in [0.4, 0.5) is 0 Å². The van der Waals surface area contributed by atoms with E-state index >= 15 is 0 Å². The van der Waals surface area contributed by atoms with E-state index in [0.717, 1.165) is 25.9 Å². The maximum Gasteiger partial charge on any atom is 0.225 e. The average molecular weight is 198 g/mol. The van der Waals surface area contributed by atoms with Crippen molar-refractivity contribution in [2.24, 2.45) is 17.6 Å². The summed E-state index contributed by atoms with van der Waals surface area (Å²) in [5.41, 5.74) is 5.45. The lowest BCUT2D eigenvalue weighted by Gasteiger charge is -2.32. The summed E-state index contributed by atoms with van der Waals surface area (Å²) in [6.07, 6.45) is 3.22. The number of amides is 1. The van der Waals surface area contributed by atoms with Gasteiger partial charge in [-0.05, 0) is 31.7 Å². The van der Waals surface area contributed by atoms with Crippen molar-refractivity contribution in [3.63, 3.8) is 0 Å². The van der Waals surface area contributed by atoms with Gasteiger partial charge in [-0.2, -0.15) is 0 Å². The lowest BCUT2D eigenvalue weighted by atomic mass is 9.98. The molecule has 3 heteroatoms. The van der Waals surface area contributed by atoms with Crippen molar-refractivity contribution in [2.45, 2.75) is 33.1 Å². The minimum absolute atomic E-state index is 0.102. The Morgan fingerprint density at radius 2 is 2.36 bits per heavy atom. The van der Waals surface area contributed by atoms with Crippen LogP contribution in [0.1, 0.15) is 33.1 Å². The number of carbonyl (C=O) groups excluding carboxylic acids is 1. The van der Waals surface area contributed by atoms with Crippen molar-refractivity contribution < 1.29 is 4.79 Å². The summed E-state index contributed by atoms with van der Waals surface area (Å²) in [6, 6.07) is 0. The molecule has 0 saturated carbocycles. The molecule has 2 unspecified atom stereocenters. The second-order valence-electron chi connectivity index (χ2n) is 4.51. The highest BCUT2D eigenvalue weighted by atomic mass is 16.2. The number of piperidine rings is 1. The number of rotatable bonds is 3. The number of nitrogens with zero attached hydrogens (tertiary/aromatic N) is 1. The Bertz CT molecular complexity index is 194. The predicted octanol–water partition coefficient (Wildman–Crippen LogP) is 1.23. The SMILES string of the molecule is CC1CCCN(C(=O)C(C)CCN)C1. The van der Waals surface area contributed by atoms with Crippen molar-refractivity contribution in [3.8, 4) is 0 Å². The second kappa shape index (κ2) is 5.35. The van der Waals surface area contributed by atoms with E-state index < -0.39 is 0 Å². The van der Waals surface area contributed by atoms with E-state index in [4.69, 9.17) is 5.73 Å². The first-order valence-electron chi connectivity index (χ1n) is 5.64. The summed E-state index contributed by atoms with van der Waals surface area (Å²) >= 11 is 0. The van der Waals surface area contributed by atoms with Gasteiger partial charge < -0.3 is 10.6 Å². The maximum atomic E-state index is 11.9. The van der Waals surface area contributed by atoms with Crippen LogP contribution in [0.3, 0.4) is 0 Å². The Labute approximate surface area is 86.6 Å². The third kappa shape index (κ3) is 2.98. The first kappa shape index (κ1) is 11.5. The monoisotopic (exact) mass is 198 g/mol. The minimum atomic E-state index is 0.102. The molecular weight excluding hydrogens is 176 g/mol. The van der Waals surface area contributed by atoms with Crippen molar-refractivity contribution in [1.29, 1.82) is 0 Å². The zero-order valence-electron chi connectivity index (χ0n) is 9.33. The highest BCUT2D eigenvalue weighted by Crippen LogP contribution is 2.18. The zero-order chi connectivity index (χ0) is 10.6. The molecule has 82 valence electrons. The van der Waals surface area contributed by atoms with Gasteiger partial charge in [0.05, 0.1) is 0 Å². The Morgan fingerprint density at radius 1 is 1.64 bits per heavy atom. The lowest BCUT2D eigenvalue weighted by molar-refractivity contribution is -0.136. The second-order valence-corrected chi connectivity index (χ2v) is 4.51. The molecule has 14 heavy (non-hydrogen) atoms. The van der Waals surface area contributed by atoms with Crippen molar-refractivity contribution in [2.75, 3.05) is 19.6 Å². The van der Waals surface area contributed by atoms with Crippen LogP contribution in [0.5, 0.6) is 0 Å². The molecule has 0 bridgehead atoms. The highest BCUT2D eigenvalue weighted by Gasteiger charge is 2.24. The highest BCUT2D eigenvalue weighted by molar-refractivity contribution is 5.78. The van der Waals surface area contributed by atoms with Gasteiger partial charge in [-0.1, -0.05) is 13.8 Å². The predicted molar refractivity (Wildman–Crippen MR) is 57.8 cm³/mol. The topological polar surface area (TPSA) is 46.3 Å². The third-order valence-corrected chi connectivity index (χ3v) is 2.99. The average Bonchev–Trinajstić information content (AvgIpc) is 2.17. The summed E-state index contributed by atoms with van der Waals surface area (Å²) in [5.74, 6) is 1.06. The largest absolute Gasteiger partial charge is 0.342 e. The van der Waals surface area contributed by atoms with Crippen LogP contribution in [0.15, 0.2) is 0 Å². The van der Waals surface area contributed by atoms with Crippen molar-refractivity contribution >= 4 is 5.91 Å². The molecular formula is C11H22N2O. The first-order chi connectivity index (χ1) is 6.65. The molecule has 0 aromatic heterocycles. The van der Waals surface area contributed by atoms with Gasteiger partial charge >= 0.3 is 0 Å². The maximum absolute atomic E-state index is 11.9. The summed E-state index contributed by atoms with van der Waals surface area (Å²) < 4.78 is 0. The van der Waals surface area contributed by atoms with Gasteiger partial charge in [-0.25, -0.2) is 0 Å². The standard InChI is InChI=1S/C11H22N2O/c1-9-4-3-7-13(8-9)11(14)10(2)5-6-12/h9-10H,3-8,12H2,1-2H3. The molecule has 0 aromatic rings. The smallest absolute Gasteiger partial charge is 0.225 e. The van der Waals surface area contributed by atoms with Gasteiger partial charge in [0.25, 0.3) is 0 Å². The van der Waals surface area contributed by atoms with Crippen LogP contribution in [0.25, 0.3) is 0 Å². The van der Waals surface area contributed by atoms with E-state index in [-0.39, 0.29) is 5.92 Å². The molecule has 3 nitrogen and oxygen atoms in total. The van der Waals surface area contributed by atoms with E-state index in [1.807, 2.05) is 11.8 Å². The van der Waals surface area contributed by atoms with E-state index in [1.54, 1.807) is 0 Å². The van der Waals surface area contributed by atoms with Crippen molar-refractivity contribution in [1.82, 2.24) is 4.90 Å². The Kier molecular flexibility index (Phi) is 4.39. The molecule has 1 heterocycles. The summed E-state index contributed by atoms with van der Waals surface area (Å²) in [6.45, 7) is 6.68. The van der Waals surface area contributed by atoms with E-state index in [1.165, 1.54) is 6.42 Å². The Balaban J connectivity index is 2.42. The molecule has 1 fully saturated rings. The Hall–Kier alpha value is -0.570. The quantitative estimate of drug-likeness (QED) is 0.741.